The van der Waals surface area contributed by atoms with Gasteiger partial charge in [-0.05, 0) is 24.1 Å². The predicted octanol–water partition coefficient (Wildman–Crippen LogP) is 2.60. The molecule has 29 heavy (non-hydrogen) atoms. The van der Waals surface area contributed by atoms with Crippen LogP contribution in [0.15, 0.2) is 69.5 Å². The number of hydrazone groups is 1. The number of hydrogen-bond acceptors (Lipinski definition) is 6. The molecule has 6 N–H and O–H groups in total. The van der Waals surface area contributed by atoms with Crippen LogP contribution in [0.2, 0.25) is 0 Å². The number of amidine groups is 1. The molecule has 0 aliphatic heterocycles. The number of aromatic amines is 1. The highest BCUT2D eigenvalue weighted by atomic mass is 32.2. The second-order valence-electron chi connectivity index (χ2n) is 6.34. The largest absolute Gasteiger partial charge is 0.321 e. The van der Waals surface area contributed by atoms with E-state index in [4.69, 9.17) is 11.7 Å². The van der Waals surface area contributed by atoms with Crippen LogP contribution in [-0.2, 0) is 5.75 Å². The number of benzene rings is 2. The van der Waals surface area contributed by atoms with E-state index in [2.05, 4.69) is 21.6 Å². The zero-order valence-electron chi connectivity index (χ0n) is 15.8. The summed E-state index contributed by atoms with van der Waals surface area (Å²) in [5.41, 5.74) is 6.89. The summed E-state index contributed by atoms with van der Waals surface area (Å²) in [6.45, 7) is 1.97. The highest BCUT2D eigenvalue weighted by Crippen LogP contribution is 2.30. The van der Waals surface area contributed by atoms with Crippen molar-refractivity contribution in [1.29, 1.82) is 5.26 Å². The lowest BCUT2D eigenvalue weighted by molar-refractivity contribution is 1.00. The number of aryl methyl sites for hydroxylation is 1. The van der Waals surface area contributed by atoms with E-state index < -0.39 is 0 Å². The Morgan fingerprint density at radius 1 is 1.24 bits per heavy atom. The Hall–Kier alpha value is -3.54. The minimum Gasteiger partial charge on any atom is -0.321 e. The van der Waals surface area contributed by atoms with Crippen molar-refractivity contribution in [2.24, 2.45) is 16.8 Å². The highest BCUT2D eigenvalue weighted by molar-refractivity contribution is 7.98. The number of hydrazine groups is 1. The third-order valence-corrected chi connectivity index (χ3v) is 5.37. The zero-order valence-corrected chi connectivity index (χ0v) is 16.6. The summed E-state index contributed by atoms with van der Waals surface area (Å²) in [5, 5.41) is 13.9. The minimum atomic E-state index is -0.248. The first-order chi connectivity index (χ1) is 14.0. The maximum atomic E-state index is 12.2. The number of rotatable bonds is 5. The van der Waals surface area contributed by atoms with Gasteiger partial charge in [0.2, 0.25) is 5.56 Å². The molecule has 2 aromatic carbocycles. The average molecular weight is 404 g/mol. The number of thioether (sulfide) groups is 1. The number of nitrogens with one attached hydrogen (secondary N) is 2. The lowest BCUT2D eigenvalue weighted by Crippen LogP contribution is -2.32. The SMILES string of the molecule is Cc1cccc(-c2cc(=O)[nH]c(SCc3cccc(/C(=N/N)NN)c3)c2C#N)c1. The summed E-state index contributed by atoms with van der Waals surface area (Å²) in [5.74, 6) is 11.7. The summed E-state index contributed by atoms with van der Waals surface area (Å²) in [4.78, 5) is 15.0. The van der Waals surface area contributed by atoms with Gasteiger partial charge in [-0.2, -0.15) is 10.4 Å². The van der Waals surface area contributed by atoms with Crippen molar-refractivity contribution in [1.82, 2.24) is 10.4 Å². The molecule has 146 valence electrons. The summed E-state index contributed by atoms with van der Waals surface area (Å²) in [6.07, 6.45) is 0. The molecule has 0 fully saturated rings. The number of nitrogens with zero attached hydrogens (tertiary/aromatic N) is 2. The molecular formula is C21H20N6OS. The first-order valence-electron chi connectivity index (χ1n) is 8.76. The molecule has 0 saturated carbocycles. The lowest BCUT2D eigenvalue weighted by atomic mass is 10.0. The van der Waals surface area contributed by atoms with Crippen LogP contribution in [0.1, 0.15) is 22.3 Å². The van der Waals surface area contributed by atoms with E-state index in [1.165, 1.54) is 17.8 Å². The molecule has 8 heteroatoms. The molecule has 7 nitrogen and oxygen atoms in total. The molecule has 0 bridgehead atoms. The van der Waals surface area contributed by atoms with E-state index in [1.54, 1.807) is 0 Å². The summed E-state index contributed by atoms with van der Waals surface area (Å²) in [7, 11) is 0. The molecule has 0 spiro atoms. The van der Waals surface area contributed by atoms with Gasteiger partial charge >= 0.3 is 0 Å². The molecule has 0 aliphatic rings. The summed E-state index contributed by atoms with van der Waals surface area (Å²) < 4.78 is 0. The predicted molar refractivity (Wildman–Crippen MR) is 116 cm³/mol. The monoisotopic (exact) mass is 404 g/mol. The number of aromatic nitrogens is 1. The minimum absolute atomic E-state index is 0.248. The molecule has 0 aliphatic carbocycles. The lowest BCUT2D eigenvalue weighted by Gasteiger charge is -2.11. The van der Waals surface area contributed by atoms with Crippen LogP contribution in [0.25, 0.3) is 11.1 Å². The van der Waals surface area contributed by atoms with Crippen molar-refractivity contribution in [3.63, 3.8) is 0 Å². The second kappa shape index (κ2) is 9.10. The smallest absolute Gasteiger partial charge is 0.249 e. The van der Waals surface area contributed by atoms with Crippen molar-refractivity contribution in [2.75, 3.05) is 0 Å². The van der Waals surface area contributed by atoms with Crippen LogP contribution in [0, 0.1) is 18.3 Å². The first kappa shape index (κ1) is 20.2. The van der Waals surface area contributed by atoms with Gasteiger partial charge in [-0.25, -0.2) is 5.84 Å². The maximum Gasteiger partial charge on any atom is 0.249 e. The molecule has 0 amide bonds. The van der Waals surface area contributed by atoms with Gasteiger partial charge in [-0.3, -0.25) is 4.79 Å². The van der Waals surface area contributed by atoms with Gasteiger partial charge in [0.15, 0.2) is 5.84 Å². The number of pyridine rings is 1. The van der Waals surface area contributed by atoms with Gasteiger partial charge < -0.3 is 16.3 Å². The first-order valence-corrected chi connectivity index (χ1v) is 9.75. The van der Waals surface area contributed by atoms with Gasteiger partial charge in [0.05, 0.1) is 10.6 Å². The van der Waals surface area contributed by atoms with Crippen molar-refractivity contribution < 1.29 is 0 Å². The van der Waals surface area contributed by atoms with E-state index in [1.807, 2.05) is 55.5 Å². The summed E-state index contributed by atoms with van der Waals surface area (Å²) in [6, 6.07) is 19.0. The van der Waals surface area contributed by atoms with E-state index >= 15 is 0 Å². The second-order valence-corrected chi connectivity index (χ2v) is 7.33. The number of H-pyrrole nitrogens is 1. The van der Waals surface area contributed by atoms with Crippen molar-refractivity contribution in [2.45, 2.75) is 17.7 Å². The topological polar surface area (TPSA) is 133 Å². The average Bonchev–Trinajstić information content (AvgIpc) is 2.73. The standard InChI is InChI=1S/C21H20N6OS/c1-13-4-2-6-15(8-13)17-10-19(28)25-21(18(17)11-22)29-12-14-5-3-7-16(9-14)20(26-23)27-24/h2-10H,12,23-24H2,1H3,(H,25,28)(H,26,27). The van der Waals surface area contributed by atoms with E-state index in [-0.39, 0.29) is 5.56 Å². The Labute approximate surface area is 172 Å². The van der Waals surface area contributed by atoms with Crippen molar-refractivity contribution in [3.8, 4) is 17.2 Å². The van der Waals surface area contributed by atoms with Crippen LogP contribution in [0.4, 0.5) is 0 Å². The molecule has 3 rings (SSSR count). The fourth-order valence-electron chi connectivity index (χ4n) is 2.95. The molecule has 1 heterocycles. The maximum absolute atomic E-state index is 12.2. The molecule has 3 aromatic rings. The van der Waals surface area contributed by atoms with Crippen molar-refractivity contribution >= 4 is 17.6 Å². The third kappa shape index (κ3) is 4.66. The van der Waals surface area contributed by atoms with E-state index in [0.717, 1.165) is 22.3 Å². The van der Waals surface area contributed by atoms with Crippen LogP contribution in [0.5, 0.6) is 0 Å². The van der Waals surface area contributed by atoms with Gasteiger partial charge in [0.1, 0.15) is 6.07 Å². The Bertz CT molecular complexity index is 1160. The molecule has 1 aromatic heterocycles. The third-order valence-electron chi connectivity index (χ3n) is 4.30. The number of nitrogens with two attached hydrogens (primary N) is 2. The Morgan fingerprint density at radius 2 is 2.03 bits per heavy atom. The normalized spacial score (nSPS) is 11.1. The van der Waals surface area contributed by atoms with Gasteiger partial charge in [0, 0.05) is 22.9 Å². The zero-order chi connectivity index (χ0) is 20.8. The highest BCUT2D eigenvalue weighted by Gasteiger charge is 2.14. The molecule has 0 atom stereocenters. The van der Waals surface area contributed by atoms with E-state index in [9.17, 15) is 10.1 Å². The van der Waals surface area contributed by atoms with Crippen LogP contribution in [0.3, 0.4) is 0 Å². The summed E-state index contributed by atoms with van der Waals surface area (Å²) >= 11 is 1.39. The number of hydrogen-bond donors (Lipinski definition) is 4. The Morgan fingerprint density at radius 3 is 2.72 bits per heavy atom. The number of nitriles is 1. The Balaban J connectivity index is 1.94. The fraction of sp³-hybridized carbons (Fsp3) is 0.0952. The van der Waals surface area contributed by atoms with Crippen LogP contribution in [-0.4, -0.2) is 10.8 Å². The molecule has 0 saturated heterocycles. The van der Waals surface area contributed by atoms with Crippen molar-refractivity contribution in [3.05, 3.63) is 87.2 Å². The van der Waals surface area contributed by atoms with Gasteiger partial charge in [-0.15, -0.1) is 11.8 Å². The van der Waals surface area contributed by atoms with E-state index in [0.29, 0.717) is 27.7 Å². The van der Waals surface area contributed by atoms with Gasteiger partial charge in [0.25, 0.3) is 0 Å². The van der Waals surface area contributed by atoms with Gasteiger partial charge in [-0.1, -0.05) is 48.0 Å². The Kier molecular flexibility index (Phi) is 6.34. The molecule has 0 radical (unpaired) electrons. The van der Waals surface area contributed by atoms with Crippen LogP contribution >= 0.6 is 11.8 Å². The fourth-order valence-corrected chi connectivity index (χ4v) is 3.92. The molecular weight excluding hydrogens is 384 g/mol. The van der Waals surface area contributed by atoms with Crippen LogP contribution < -0.4 is 22.7 Å². The quantitative estimate of drug-likeness (QED) is 0.170. The molecule has 0 unspecified atom stereocenters.